The van der Waals surface area contributed by atoms with Crippen LogP contribution in [-0.2, 0) is 18.6 Å². The van der Waals surface area contributed by atoms with Crippen molar-refractivity contribution in [1.82, 2.24) is 0 Å². The van der Waals surface area contributed by atoms with Gasteiger partial charge in [-0.2, -0.15) is 0 Å². The second-order valence-corrected chi connectivity index (χ2v) is 11.8. The molecule has 15 heavy (non-hydrogen) atoms. The fourth-order valence-electron chi connectivity index (χ4n) is 1.84. The molecule has 0 aliphatic heterocycles. The van der Waals surface area contributed by atoms with Crippen LogP contribution >= 0.6 is 6.83 Å². The molecule has 0 rings (SSSR count). The van der Waals surface area contributed by atoms with Crippen molar-refractivity contribution in [1.29, 1.82) is 0 Å². The van der Waals surface area contributed by atoms with E-state index in [1.807, 2.05) is 27.7 Å². The number of hydrogen-bond acceptors (Lipinski definition) is 4. The quantitative estimate of drug-likeness (QED) is 0.658. The maximum absolute atomic E-state index is 11.4. The van der Waals surface area contributed by atoms with E-state index in [1.165, 1.54) is 0 Å². The van der Waals surface area contributed by atoms with Gasteiger partial charge in [0.2, 0.25) is 0 Å². The van der Waals surface area contributed by atoms with Crippen molar-refractivity contribution in [3.63, 3.8) is 0 Å². The van der Waals surface area contributed by atoms with Gasteiger partial charge in [0, 0.05) is 0 Å². The van der Waals surface area contributed by atoms with Crippen molar-refractivity contribution in [3.05, 3.63) is 0 Å². The van der Waals surface area contributed by atoms with Crippen LogP contribution in [0.4, 0.5) is 0 Å². The molecule has 0 aromatic carbocycles. The number of hydrogen-bond donors (Lipinski definition) is 0. The molecule has 0 amide bonds. The molecule has 6 heteroatoms. The van der Waals surface area contributed by atoms with E-state index in [2.05, 4.69) is 4.18 Å². The zero-order valence-corrected chi connectivity index (χ0v) is 12.0. The van der Waals surface area contributed by atoms with Crippen molar-refractivity contribution in [3.8, 4) is 0 Å². The van der Waals surface area contributed by atoms with Gasteiger partial charge in [0.15, 0.2) is 0 Å². The van der Waals surface area contributed by atoms with Gasteiger partial charge in [-0.05, 0) is 0 Å². The van der Waals surface area contributed by atoms with Crippen LogP contribution in [0, 0.1) is 0 Å². The summed E-state index contributed by atoms with van der Waals surface area (Å²) in [7, 11) is -2.69. The zero-order chi connectivity index (χ0) is 12.2. The Morgan fingerprint density at radius 3 is 1.47 bits per heavy atom. The van der Waals surface area contributed by atoms with Crippen molar-refractivity contribution >= 4 is 17.2 Å². The van der Waals surface area contributed by atoms with Gasteiger partial charge < -0.3 is 0 Å². The first-order valence-electron chi connectivity index (χ1n) is 5.35. The second-order valence-electron chi connectivity index (χ2n) is 3.77. The van der Waals surface area contributed by atoms with Crippen LogP contribution < -0.4 is 0 Å². The minimum atomic E-state index is -3.83. The molecule has 0 N–H and O–H groups in total. The Morgan fingerprint density at radius 1 is 0.933 bits per heavy atom. The van der Waals surface area contributed by atoms with Gasteiger partial charge in [0.1, 0.15) is 0 Å². The van der Waals surface area contributed by atoms with E-state index in [0.717, 1.165) is 31.8 Å². The van der Waals surface area contributed by atoms with E-state index in [0.29, 0.717) is 0 Å². The molecule has 0 aromatic rings. The predicted octanol–water partition coefficient (Wildman–Crippen LogP) is 2.44. The summed E-state index contributed by atoms with van der Waals surface area (Å²) in [5.41, 5.74) is 0. The van der Waals surface area contributed by atoms with Crippen LogP contribution in [-0.4, -0.2) is 40.2 Å². The molecule has 0 saturated carbocycles. The molecule has 0 bridgehead atoms. The molecule has 4 nitrogen and oxygen atoms in total. The molecule has 0 fully saturated rings. The molecule has 0 atom stereocenters. The molecule has 0 unspecified atom stereocenters. The zero-order valence-electron chi connectivity index (χ0n) is 10.3. The molecular weight excluding hydrogens is 235 g/mol. The average Bonchev–Trinajstić information content (AvgIpc) is 2.27. The van der Waals surface area contributed by atoms with E-state index in [9.17, 15) is 8.42 Å². The van der Waals surface area contributed by atoms with Gasteiger partial charge in [-0.15, -0.1) is 0 Å². The van der Waals surface area contributed by atoms with Gasteiger partial charge in [-0.25, -0.2) is 0 Å². The minimum absolute atomic E-state index is 0.775. The third kappa shape index (κ3) is 3.13. The molecule has 0 aliphatic rings. The molecule has 0 spiro atoms. The Hall–Kier alpha value is 0.300. The summed E-state index contributed by atoms with van der Waals surface area (Å²) in [4.78, 5) is 0. The summed E-state index contributed by atoms with van der Waals surface area (Å²) >= 11 is 0. The van der Waals surface area contributed by atoms with Crippen LogP contribution in [0.2, 0.25) is 0 Å². The van der Waals surface area contributed by atoms with Gasteiger partial charge in [0.05, 0.1) is 0 Å². The van der Waals surface area contributed by atoms with Crippen molar-refractivity contribution < 1.29 is 16.6 Å². The number of rotatable bonds is 7. The fourth-order valence-corrected chi connectivity index (χ4v) is 8.52. The first-order chi connectivity index (χ1) is 6.82. The van der Waals surface area contributed by atoms with Crippen molar-refractivity contribution in [2.75, 3.05) is 31.8 Å². The molecular formula is C9H23O4PS. The summed E-state index contributed by atoms with van der Waals surface area (Å²) in [5, 5.41) is 0. The summed E-state index contributed by atoms with van der Waals surface area (Å²) in [6.07, 6.45) is 3.10. The molecule has 0 saturated heterocycles. The van der Waals surface area contributed by atoms with Crippen LogP contribution in [0.3, 0.4) is 0 Å². The molecule has 0 heterocycles. The van der Waals surface area contributed by atoms with Crippen LogP contribution in [0.15, 0.2) is 0 Å². The molecule has 0 aromatic heterocycles. The first kappa shape index (κ1) is 15.3. The van der Waals surface area contributed by atoms with E-state index in [1.54, 1.807) is 0 Å². The van der Waals surface area contributed by atoms with Gasteiger partial charge in [-0.3, -0.25) is 0 Å². The molecule has 0 aliphatic carbocycles. The summed E-state index contributed by atoms with van der Waals surface area (Å²) in [5.74, 6) is 0. The topological polar surface area (TPSA) is 52.6 Å². The Bertz CT molecular complexity index is 272. The van der Waals surface area contributed by atoms with Crippen LogP contribution in [0.25, 0.3) is 0 Å². The van der Waals surface area contributed by atoms with E-state index in [-0.39, 0.29) is 0 Å². The summed E-state index contributed by atoms with van der Waals surface area (Å²) in [6, 6.07) is 0. The Balaban J connectivity index is 5.30. The van der Waals surface area contributed by atoms with Gasteiger partial charge in [0.25, 0.3) is 0 Å². The standard InChI is InChI=1S/C9H23O4PS/c1-6-14(7-2,8-3,9-4)13-15(10,11)12-5/h6-9H2,1-5H3. The Kier molecular flexibility index (Phi) is 5.19. The van der Waals surface area contributed by atoms with Crippen molar-refractivity contribution in [2.24, 2.45) is 0 Å². The van der Waals surface area contributed by atoms with Gasteiger partial charge >= 0.3 is 93.3 Å². The van der Waals surface area contributed by atoms with Gasteiger partial charge in [-0.1, -0.05) is 0 Å². The summed E-state index contributed by atoms with van der Waals surface area (Å²) in [6.45, 7) is 5.41. The third-order valence-electron chi connectivity index (χ3n) is 3.71. The van der Waals surface area contributed by atoms with E-state index in [4.69, 9.17) is 3.97 Å². The fraction of sp³-hybridized carbons (Fsp3) is 1.00. The Morgan fingerprint density at radius 2 is 1.27 bits per heavy atom. The van der Waals surface area contributed by atoms with Crippen molar-refractivity contribution in [2.45, 2.75) is 27.7 Å². The SMILES string of the molecule is CCP(CC)(CC)(CC)OS(=O)(=O)OC. The summed E-state index contributed by atoms with van der Waals surface area (Å²) < 4.78 is 32.7. The van der Waals surface area contributed by atoms with Crippen LogP contribution in [0.5, 0.6) is 0 Å². The van der Waals surface area contributed by atoms with E-state index >= 15 is 0 Å². The average molecular weight is 258 g/mol. The first-order valence-corrected chi connectivity index (χ1v) is 9.58. The maximum atomic E-state index is 11.4. The van der Waals surface area contributed by atoms with E-state index < -0.39 is 17.2 Å². The monoisotopic (exact) mass is 258 g/mol. The molecule has 94 valence electrons. The van der Waals surface area contributed by atoms with Crippen LogP contribution in [0.1, 0.15) is 27.7 Å². The molecule has 0 radical (unpaired) electrons. The second kappa shape index (κ2) is 5.09. The predicted molar refractivity (Wildman–Crippen MR) is 66.1 cm³/mol. The third-order valence-corrected chi connectivity index (χ3v) is 12.9. The Labute approximate surface area is 93.7 Å². The normalized spacial score (nSPS) is 15.9.